The smallest absolute Gasteiger partial charge is 0.481 e. The van der Waals surface area contributed by atoms with Gasteiger partial charge in [0.15, 0.2) is 0 Å². The maximum Gasteiger partial charge on any atom is 0.523 e. The highest BCUT2D eigenvalue weighted by Crippen LogP contribution is 2.24. The molecule has 0 heterocycles. The maximum atomic E-state index is 11.8. The Morgan fingerprint density at radius 1 is 1.60 bits per heavy atom. The summed E-state index contributed by atoms with van der Waals surface area (Å²) in [6, 6.07) is 0. The second-order valence-corrected chi connectivity index (χ2v) is 3.05. The molecule has 6 heteroatoms. The normalized spacial score (nSPS) is 21.3. The highest BCUT2D eigenvalue weighted by molar-refractivity contribution is 5.71. The van der Waals surface area contributed by atoms with E-state index in [2.05, 4.69) is 4.74 Å². The molecule has 3 nitrogen and oxygen atoms in total. The molecule has 1 rings (SSSR count). The second kappa shape index (κ2) is 4.48. The average molecular weight is 222 g/mol. The fourth-order valence-electron chi connectivity index (χ4n) is 1.21. The predicted octanol–water partition coefficient (Wildman–Crippen LogP) is 2.25. The minimum absolute atomic E-state index is 0.0403. The summed E-state index contributed by atoms with van der Waals surface area (Å²) in [5, 5.41) is 8.43. The number of carboxylic acid groups (broad SMARTS) is 1. The Labute approximate surface area is 83.8 Å². The number of alkyl halides is 3. The molecule has 1 N–H and O–H groups in total. The minimum atomic E-state index is -4.66. The van der Waals surface area contributed by atoms with E-state index in [4.69, 9.17) is 5.11 Å². The Hall–Kier alpha value is -1.30. The standard InChI is InChI=1S/C9H9F3O3/c10-9(11,12)15-7-3-1-6(2-4-7)5-8(13)14/h1-3,7H,4-5H2,(H,13,14). The van der Waals surface area contributed by atoms with Crippen LogP contribution in [0.5, 0.6) is 0 Å². The van der Waals surface area contributed by atoms with Gasteiger partial charge in [-0.3, -0.25) is 9.53 Å². The predicted molar refractivity (Wildman–Crippen MR) is 45.0 cm³/mol. The van der Waals surface area contributed by atoms with Gasteiger partial charge >= 0.3 is 12.3 Å². The molecular weight excluding hydrogens is 213 g/mol. The van der Waals surface area contributed by atoms with Gasteiger partial charge in [-0.2, -0.15) is 0 Å². The van der Waals surface area contributed by atoms with Gasteiger partial charge < -0.3 is 5.11 Å². The van der Waals surface area contributed by atoms with Crippen LogP contribution >= 0.6 is 0 Å². The second-order valence-electron chi connectivity index (χ2n) is 3.05. The third kappa shape index (κ3) is 4.64. The third-order valence-corrected chi connectivity index (χ3v) is 1.78. The number of carboxylic acids is 1. The lowest BCUT2D eigenvalue weighted by molar-refractivity contribution is -0.336. The van der Waals surface area contributed by atoms with Gasteiger partial charge in [0, 0.05) is 0 Å². The molecule has 1 atom stereocenters. The lowest BCUT2D eigenvalue weighted by Gasteiger charge is -2.17. The number of rotatable bonds is 3. The first-order chi connectivity index (χ1) is 6.87. The number of allylic oxidation sites excluding steroid dienone is 1. The number of ether oxygens (including phenoxy) is 1. The number of hydrogen-bond acceptors (Lipinski definition) is 2. The molecule has 0 saturated heterocycles. The first-order valence-electron chi connectivity index (χ1n) is 4.20. The molecule has 1 aliphatic rings. The first-order valence-corrected chi connectivity index (χ1v) is 4.20. The van der Waals surface area contributed by atoms with Crippen molar-refractivity contribution in [3.63, 3.8) is 0 Å². The highest BCUT2D eigenvalue weighted by atomic mass is 19.4. The summed E-state index contributed by atoms with van der Waals surface area (Å²) < 4.78 is 39.1. The van der Waals surface area contributed by atoms with Gasteiger partial charge in [-0.05, 0) is 12.0 Å². The van der Waals surface area contributed by atoms with E-state index in [9.17, 15) is 18.0 Å². The van der Waals surface area contributed by atoms with Crippen LogP contribution in [0.2, 0.25) is 0 Å². The average Bonchev–Trinajstić information content (AvgIpc) is 2.05. The molecule has 0 radical (unpaired) electrons. The topological polar surface area (TPSA) is 46.5 Å². The molecule has 0 aliphatic heterocycles. The Bertz CT molecular complexity index is 304. The van der Waals surface area contributed by atoms with Gasteiger partial charge in [0.1, 0.15) is 0 Å². The van der Waals surface area contributed by atoms with Crippen molar-refractivity contribution in [2.24, 2.45) is 0 Å². The molecule has 15 heavy (non-hydrogen) atoms. The molecule has 0 fully saturated rings. The molecule has 0 aromatic carbocycles. The van der Waals surface area contributed by atoms with Gasteiger partial charge in [0.25, 0.3) is 0 Å². The summed E-state index contributed by atoms with van der Waals surface area (Å²) in [6.07, 6.45) is -1.87. The van der Waals surface area contributed by atoms with Gasteiger partial charge in [-0.25, -0.2) is 0 Å². The molecule has 0 spiro atoms. The zero-order valence-corrected chi connectivity index (χ0v) is 7.62. The van der Waals surface area contributed by atoms with E-state index in [1.54, 1.807) is 0 Å². The maximum absolute atomic E-state index is 11.8. The summed E-state index contributed by atoms with van der Waals surface area (Å²) in [4.78, 5) is 10.3. The summed E-state index contributed by atoms with van der Waals surface area (Å²) >= 11 is 0. The van der Waals surface area contributed by atoms with Crippen LogP contribution in [0.15, 0.2) is 23.8 Å². The van der Waals surface area contributed by atoms with Crippen LogP contribution in [-0.2, 0) is 9.53 Å². The molecule has 0 aromatic heterocycles. The fourth-order valence-corrected chi connectivity index (χ4v) is 1.21. The van der Waals surface area contributed by atoms with E-state index >= 15 is 0 Å². The molecule has 1 aliphatic carbocycles. The molecule has 84 valence electrons. The monoisotopic (exact) mass is 222 g/mol. The summed E-state index contributed by atoms with van der Waals surface area (Å²) in [5.74, 6) is -1.01. The SMILES string of the molecule is O=C(O)CC1=CCC(OC(F)(F)F)C=C1. The molecular formula is C9H9F3O3. The summed E-state index contributed by atoms with van der Waals surface area (Å²) in [5.41, 5.74) is 0.490. The fraction of sp³-hybridized carbons (Fsp3) is 0.444. The van der Waals surface area contributed by atoms with E-state index in [1.165, 1.54) is 18.2 Å². The minimum Gasteiger partial charge on any atom is -0.481 e. The highest BCUT2D eigenvalue weighted by Gasteiger charge is 2.32. The van der Waals surface area contributed by atoms with Crippen LogP contribution in [0, 0.1) is 0 Å². The van der Waals surface area contributed by atoms with Crippen LogP contribution in [0.3, 0.4) is 0 Å². The van der Waals surface area contributed by atoms with Gasteiger partial charge in [0.2, 0.25) is 0 Å². The number of halogens is 3. The number of carbonyl (C=O) groups is 1. The third-order valence-electron chi connectivity index (χ3n) is 1.78. The quantitative estimate of drug-likeness (QED) is 0.796. The zero-order valence-electron chi connectivity index (χ0n) is 7.62. The van der Waals surface area contributed by atoms with Crippen molar-refractivity contribution in [1.82, 2.24) is 0 Å². The van der Waals surface area contributed by atoms with Crippen molar-refractivity contribution in [1.29, 1.82) is 0 Å². The van der Waals surface area contributed by atoms with Crippen LogP contribution in [0.1, 0.15) is 12.8 Å². The Balaban J connectivity index is 2.46. The zero-order chi connectivity index (χ0) is 11.5. The van der Waals surface area contributed by atoms with Crippen LogP contribution in [-0.4, -0.2) is 23.5 Å². The number of aliphatic carboxylic acids is 1. The van der Waals surface area contributed by atoms with E-state index < -0.39 is 18.4 Å². The van der Waals surface area contributed by atoms with E-state index in [1.807, 2.05) is 0 Å². The van der Waals surface area contributed by atoms with Crippen molar-refractivity contribution in [3.8, 4) is 0 Å². The van der Waals surface area contributed by atoms with Crippen molar-refractivity contribution >= 4 is 5.97 Å². The molecule has 0 bridgehead atoms. The van der Waals surface area contributed by atoms with E-state index in [-0.39, 0.29) is 12.8 Å². The summed E-state index contributed by atoms with van der Waals surface area (Å²) in [7, 11) is 0. The van der Waals surface area contributed by atoms with E-state index in [0.717, 1.165) is 0 Å². The van der Waals surface area contributed by atoms with Crippen molar-refractivity contribution in [2.45, 2.75) is 25.3 Å². The molecule has 0 amide bonds. The molecule has 1 unspecified atom stereocenters. The Kier molecular flexibility index (Phi) is 3.52. The van der Waals surface area contributed by atoms with E-state index in [0.29, 0.717) is 5.57 Å². The Morgan fingerprint density at radius 2 is 2.27 bits per heavy atom. The lowest BCUT2D eigenvalue weighted by atomic mass is 10.0. The number of hydrogen-bond donors (Lipinski definition) is 1. The molecule has 0 saturated carbocycles. The van der Waals surface area contributed by atoms with Crippen LogP contribution in [0.4, 0.5) is 13.2 Å². The first kappa shape index (κ1) is 11.8. The van der Waals surface area contributed by atoms with Crippen molar-refractivity contribution in [3.05, 3.63) is 23.8 Å². The van der Waals surface area contributed by atoms with Crippen molar-refractivity contribution in [2.75, 3.05) is 0 Å². The Morgan fingerprint density at radius 3 is 2.67 bits per heavy atom. The largest absolute Gasteiger partial charge is 0.523 e. The lowest BCUT2D eigenvalue weighted by Crippen LogP contribution is -2.23. The van der Waals surface area contributed by atoms with Gasteiger partial charge in [0.05, 0.1) is 12.5 Å². The van der Waals surface area contributed by atoms with Crippen LogP contribution in [0.25, 0.3) is 0 Å². The summed E-state index contributed by atoms with van der Waals surface area (Å²) in [6.45, 7) is 0. The van der Waals surface area contributed by atoms with Crippen LogP contribution < -0.4 is 0 Å². The van der Waals surface area contributed by atoms with Crippen molar-refractivity contribution < 1.29 is 27.8 Å². The molecule has 0 aromatic rings. The van der Waals surface area contributed by atoms with Gasteiger partial charge in [-0.1, -0.05) is 18.2 Å². The van der Waals surface area contributed by atoms with Gasteiger partial charge in [-0.15, -0.1) is 13.2 Å².